The van der Waals surface area contributed by atoms with Gasteiger partial charge >= 0.3 is 0 Å². The normalized spacial score (nSPS) is 28.0. The zero-order valence-electron chi connectivity index (χ0n) is 13.4. The molecule has 3 nitrogen and oxygen atoms in total. The van der Waals surface area contributed by atoms with Crippen molar-refractivity contribution in [2.75, 3.05) is 7.11 Å². The number of methoxy groups -OCH3 is 1. The molecule has 3 rings (SSSR count). The first kappa shape index (κ1) is 14.7. The quantitative estimate of drug-likeness (QED) is 0.917. The van der Waals surface area contributed by atoms with Crippen LogP contribution in [0.3, 0.4) is 0 Å². The third-order valence-corrected chi connectivity index (χ3v) is 4.90. The second-order valence-electron chi connectivity index (χ2n) is 6.74. The molecule has 1 aliphatic heterocycles. The van der Waals surface area contributed by atoms with Gasteiger partial charge in [-0.2, -0.15) is 0 Å². The van der Waals surface area contributed by atoms with Crippen molar-refractivity contribution < 1.29 is 9.47 Å². The van der Waals surface area contributed by atoms with E-state index in [0.29, 0.717) is 6.04 Å². The third kappa shape index (κ3) is 3.34. The number of rotatable bonds is 4. The van der Waals surface area contributed by atoms with E-state index in [1.54, 1.807) is 7.11 Å². The lowest BCUT2D eigenvalue weighted by Gasteiger charge is -2.27. The highest BCUT2D eigenvalue weighted by Gasteiger charge is 2.22. The summed E-state index contributed by atoms with van der Waals surface area (Å²) in [5, 5.41) is 3.70. The third-order valence-electron chi connectivity index (χ3n) is 4.90. The van der Waals surface area contributed by atoms with E-state index in [0.717, 1.165) is 30.4 Å². The molecule has 1 N–H and O–H groups in total. The van der Waals surface area contributed by atoms with Gasteiger partial charge < -0.3 is 14.8 Å². The Labute approximate surface area is 128 Å². The summed E-state index contributed by atoms with van der Waals surface area (Å²) in [7, 11) is 1.76. The minimum atomic E-state index is 0.285. The van der Waals surface area contributed by atoms with Gasteiger partial charge in [-0.1, -0.05) is 6.92 Å². The van der Waals surface area contributed by atoms with Crippen molar-refractivity contribution in [3.05, 3.63) is 23.3 Å². The largest absolute Gasteiger partial charge is 0.496 e. The molecule has 0 saturated heterocycles. The van der Waals surface area contributed by atoms with Gasteiger partial charge in [0.25, 0.3) is 0 Å². The molecule has 1 unspecified atom stereocenters. The number of hydrogen-bond acceptors (Lipinski definition) is 3. The fourth-order valence-corrected chi connectivity index (χ4v) is 3.53. The molecule has 2 aliphatic rings. The number of ether oxygens (including phenoxy) is 2. The Kier molecular flexibility index (Phi) is 4.39. The first-order valence-electron chi connectivity index (χ1n) is 8.25. The monoisotopic (exact) mass is 289 g/mol. The lowest BCUT2D eigenvalue weighted by molar-refractivity contribution is 0.254. The summed E-state index contributed by atoms with van der Waals surface area (Å²) in [6, 6.07) is 4.97. The highest BCUT2D eigenvalue weighted by molar-refractivity contribution is 5.48. The maximum absolute atomic E-state index is 5.87. The SMILES string of the molecule is COc1cc2c(cc1CNC1CCC(C)CC1)OC(C)C2. The molecule has 116 valence electrons. The Bertz CT molecular complexity index is 492. The molecule has 0 amide bonds. The maximum atomic E-state index is 5.87. The predicted molar refractivity (Wildman–Crippen MR) is 85.0 cm³/mol. The Morgan fingerprint density at radius 1 is 1.19 bits per heavy atom. The van der Waals surface area contributed by atoms with Crippen LogP contribution in [0.15, 0.2) is 12.1 Å². The van der Waals surface area contributed by atoms with Gasteiger partial charge in [0.15, 0.2) is 0 Å². The second-order valence-corrected chi connectivity index (χ2v) is 6.74. The topological polar surface area (TPSA) is 30.5 Å². The first-order valence-corrected chi connectivity index (χ1v) is 8.25. The van der Waals surface area contributed by atoms with Crippen LogP contribution in [0.2, 0.25) is 0 Å². The maximum Gasteiger partial charge on any atom is 0.123 e. The molecule has 1 heterocycles. The Morgan fingerprint density at radius 2 is 1.95 bits per heavy atom. The van der Waals surface area contributed by atoms with Crippen molar-refractivity contribution in [2.45, 2.75) is 64.6 Å². The summed E-state index contributed by atoms with van der Waals surface area (Å²) in [5.41, 5.74) is 2.48. The van der Waals surface area contributed by atoms with Gasteiger partial charge in [0.05, 0.1) is 7.11 Å². The fourth-order valence-electron chi connectivity index (χ4n) is 3.53. The van der Waals surface area contributed by atoms with E-state index < -0.39 is 0 Å². The first-order chi connectivity index (χ1) is 10.2. The Morgan fingerprint density at radius 3 is 2.67 bits per heavy atom. The number of fused-ring (bicyclic) bond motifs is 1. The summed E-state index contributed by atoms with van der Waals surface area (Å²) in [6.45, 7) is 5.35. The van der Waals surface area contributed by atoms with E-state index in [1.807, 2.05) is 0 Å². The molecular weight excluding hydrogens is 262 g/mol. The molecule has 1 aromatic carbocycles. The minimum absolute atomic E-state index is 0.285. The van der Waals surface area contributed by atoms with E-state index in [4.69, 9.17) is 9.47 Å². The van der Waals surface area contributed by atoms with Crippen LogP contribution in [0, 0.1) is 5.92 Å². The van der Waals surface area contributed by atoms with Gasteiger partial charge in [-0.15, -0.1) is 0 Å². The summed E-state index contributed by atoms with van der Waals surface area (Å²) in [6.07, 6.45) is 6.55. The van der Waals surface area contributed by atoms with Crippen LogP contribution in [-0.2, 0) is 13.0 Å². The molecule has 1 fully saturated rings. The smallest absolute Gasteiger partial charge is 0.123 e. The fraction of sp³-hybridized carbons (Fsp3) is 0.667. The van der Waals surface area contributed by atoms with Gasteiger partial charge in [-0.3, -0.25) is 0 Å². The zero-order valence-corrected chi connectivity index (χ0v) is 13.4. The summed E-state index contributed by atoms with van der Waals surface area (Å²) >= 11 is 0. The molecule has 1 atom stereocenters. The average molecular weight is 289 g/mol. The van der Waals surface area contributed by atoms with Crippen LogP contribution in [0.1, 0.15) is 50.7 Å². The molecule has 1 aliphatic carbocycles. The molecule has 0 radical (unpaired) electrons. The van der Waals surface area contributed by atoms with E-state index in [-0.39, 0.29) is 6.10 Å². The van der Waals surface area contributed by atoms with Crippen LogP contribution < -0.4 is 14.8 Å². The zero-order chi connectivity index (χ0) is 14.8. The standard InChI is InChI=1S/C18H27NO2/c1-12-4-6-16(7-5-12)19-11-15-10-18-14(8-13(2)21-18)9-17(15)20-3/h9-10,12-13,16,19H,4-8,11H2,1-3H3. The number of hydrogen-bond donors (Lipinski definition) is 1. The minimum Gasteiger partial charge on any atom is -0.496 e. The van der Waals surface area contributed by atoms with Crippen LogP contribution >= 0.6 is 0 Å². The molecular formula is C18H27NO2. The summed E-state index contributed by atoms with van der Waals surface area (Å²) in [5.74, 6) is 2.92. The number of nitrogens with one attached hydrogen (secondary N) is 1. The molecule has 1 saturated carbocycles. The molecule has 3 heteroatoms. The van der Waals surface area contributed by atoms with Crippen LogP contribution in [-0.4, -0.2) is 19.3 Å². The van der Waals surface area contributed by atoms with Gasteiger partial charge in [-0.05, 0) is 50.7 Å². The van der Waals surface area contributed by atoms with Crippen molar-refractivity contribution in [1.29, 1.82) is 0 Å². The molecule has 0 aromatic heterocycles. The average Bonchev–Trinajstić information content (AvgIpc) is 2.84. The van der Waals surface area contributed by atoms with Gasteiger partial charge in [0.1, 0.15) is 17.6 Å². The molecule has 1 aromatic rings. The summed E-state index contributed by atoms with van der Waals surface area (Å²) in [4.78, 5) is 0. The van der Waals surface area contributed by atoms with Crippen LogP contribution in [0.5, 0.6) is 11.5 Å². The predicted octanol–water partition coefficient (Wildman–Crippen LogP) is 3.69. The van der Waals surface area contributed by atoms with E-state index in [1.165, 1.54) is 36.8 Å². The highest BCUT2D eigenvalue weighted by Crippen LogP contribution is 2.35. The highest BCUT2D eigenvalue weighted by atomic mass is 16.5. The molecule has 0 spiro atoms. The lowest BCUT2D eigenvalue weighted by Crippen LogP contribution is -2.32. The van der Waals surface area contributed by atoms with Gasteiger partial charge in [-0.25, -0.2) is 0 Å². The van der Waals surface area contributed by atoms with Gasteiger partial charge in [0.2, 0.25) is 0 Å². The van der Waals surface area contributed by atoms with Crippen molar-refractivity contribution in [1.82, 2.24) is 5.32 Å². The Balaban J connectivity index is 1.66. The van der Waals surface area contributed by atoms with Crippen molar-refractivity contribution >= 4 is 0 Å². The van der Waals surface area contributed by atoms with E-state index in [9.17, 15) is 0 Å². The number of benzene rings is 1. The summed E-state index contributed by atoms with van der Waals surface area (Å²) < 4.78 is 11.4. The van der Waals surface area contributed by atoms with Crippen molar-refractivity contribution in [3.8, 4) is 11.5 Å². The van der Waals surface area contributed by atoms with Gasteiger partial charge in [0, 0.05) is 30.1 Å². The molecule has 0 bridgehead atoms. The van der Waals surface area contributed by atoms with E-state index >= 15 is 0 Å². The Hall–Kier alpha value is -1.22. The van der Waals surface area contributed by atoms with E-state index in [2.05, 4.69) is 31.3 Å². The van der Waals surface area contributed by atoms with Crippen molar-refractivity contribution in [3.63, 3.8) is 0 Å². The van der Waals surface area contributed by atoms with Crippen LogP contribution in [0.25, 0.3) is 0 Å². The second kappa shape index (κ2) is 6.27. The van der Waals surface area contributed by atoms with Crippen LogP contribution in [0.4, 0.5) is 0 Å². The molecule has 21 heavy (non-hydrogen) atoms. The lowest BCUT2D eigenvalue weighted by atomic mass is 9.87. The van der Waals surface area contributed by atoms with Crippen molar-refractivity contribution in [2.24, 2.45) is 5.92 Å².